The van der Waals surface area contributed by atoms with Crippen molar-refractivity contribution < 1.29 is 4.74 Å². The molecule has 0 N–H and O–H groups in total. The van der Waals surface area contributed by atoms with Crippen LogP contribution in [0.1, 0.15) is 0 Å². The summed E-state index contributed by atoms with van der Waals surface area (Å²) in [5.41, 5.74) is 10.2. The topological polar surface area (TPSA) is 38.2 Å². The van der Waals surface area contributed by atoms with E-state index in [1.807, 2.05) is 53.8 Å². The molecule has 1 aliphatic heterocycles. The molecule has 0 aliphatic carbocycles. The number of benzene rings is 8. The van der Waals surface area contributed by atoms with E-state index < -0.39 is 0 Å². The first kappa shape index (κ1) is 31.4. The zero-order valence-corrected chi connectivity index (χ0v) is 30.4. The number of fused-ring (bicyclic) bond motifs is 9. The fourth-order valence-corrected chi connectivity index (χ4v) is 9.12. The van der Waals surface area contributed by atoms with Gasteiger partial charge in [0.2, 0.25) is 0 Å². The molecule has 0 atom stereocenters. The van der Waals surface area contributed by atoms with Crippen molar-refractivity contribution in [3.8, 4) is 56.5 Å². The van der Waals surface area contributed by atoms with Gasteiger partial charge >= 0.3 is 0 Å². The first-order chi connectivity index (χ1) is 27.3. The third-order valence-corrected chi connectivity index (χ3v) is 11.6. The summed E-state index contributed by atoms with van der Waals surface area (Å²) in [7, 11) is 0. The van der Waals surface area contributed by atoms with E-state index in [-0.39, 0.29) is 0 Å². The molecule has 0 bridgehead atoms. The quantitative estimate of drug-likeness (QED) is 0.177. The van der Waals surface area contributed by atoms with Crippen LogP contribution in [0.25, 0.3) is 76.0 Å². The zero-order chi connectivity index (χ0) is 36.3. The highest BCUT2D eigenvalue weighted by atomic mass is 32.1. The second-order valence-corrected chi connectivity index (χ2v) is 14.8. The predicted molar refractivity (Wildman–Crippen MR) is 229 cm³/mol. The largest absolute Gasteiger partial charge is 0.452 e. The van der Waals surface area contributed by atoms with Gasteiger partial charge in [-0.3, -0.25) is 0 Å². The number of thiophene rings is 1. The highest BCUT2D eigenvalue weighted by Gasteiger charge is 2.31. The van der Waals surface area contributed by atoms with E-state index in [0.29, 0.717) is 5.82 Å². The Morgan fingerprint density at radius 2 is 1.05 bits per heavy atom. The fraction of sp³-hybridized carbons (Fsp3) is 0. The third-order valence-electron chi connectivity index (χ3n) is 10.5. The van der Waals surface area contributed by atoms with Crippen LogP contribution < -0.4 is 9.64 Å². The minimum atomic E-state index is 0.694. The van der Waals surface area contributed by atoms with Gasteiger partial charge in [0.1, 0.15) is 5.69 Å². The standard InChI is InChI=1S/C50H31N3OS/c1-3-14-33(15-4-1)41-31-42(34-16-5-2-6-17-34)52-50(51-41)36-19-13-18-35(30-36)32-26-28-37(29-27-32)53-43-23-10-11-24-44(43)54-48-39-21-8-7-20-38(39)46-40-22-9-12-25-45(40)55-49(46)47(48)53/h1-31H. The van der Waals surface area contributed by atoms with Crippen LogP contribution in [0, 0.1) is 0 Å². The molecule has 3 heterocycles. The third kappa shape index (κ3) is 5.28. The molecule has 0 amide bonds. The van der Waals surface area contributed by atoms with Crippen LogP contribution in [0.3, 0.4) is 0 Å². The zero-order valence-electron chi connectivity index (χ0n) is 29.6. The molecule has 8 aromatic carbocycles. The summed E-state index contributed by atoms with van der Waals surface area (Å²) in [5, 5.41) is 4.85. The maximum Gasteiger partial charge on any atom is 0.160 e. The average molecular weight is 722 g/mol. The summed E-state index contributed by atoms with van der Waals surface area (Å²) in [5.74, 6) is 2.42. The van der Waals surface area contributed by atoms with E-state index in [1.54, 1.807) is 0 Å². The summed E-state index contributed by atoms with van der Waals surface area (Å²) in [4.78, 5) is 12.6. The van der Waals surface area contributed by atoms with Crippen LogP contribution in [0.2, 0.25) is 0 Å². The van der Waals surface area contributed by atoms with Crippen LogP contribution in [0.15, 0.2) is 188 Å². The molecule has 5 heteroatoms. The molecule has 0 saturated carbocycles. The van der Waals surface area contributed by atoms with Gasteiger partial charge in [0.05, 0.1) is 21.8 Å². The van der Waals surface area contributed by atoms with Gasteiger partial charge in [-0.1, -0.05) is 146 Å². The molecule has 0 unspecified atom stereocenters. The molecule has 55 heavy (non-hydrogen) atoms. The van der Waals surface area contributed by atoms with E-state index in [9.17, 15) is 0 Å². The molecule has 11 rings (SSSR count). The Morgan fingerprint density at radius 1 is 0.455 bits per heavy atom. The number of ether oxygens (including phenoxy) is 1. The lowest BCUT2D eigenvalue weighted by Gasteiger charge is -2.34. The van der Waals surface area contributed by atoms with Gasteiger partial charge in [0.25, 0.3) is 0 Å². The monoisotopic (exact) mass is 721 g/mol. The maximum atomic E-state index is 6.82. The van der Waals surface area contributed by atoms with Gasteiger partial charge in [-0.15, -0.1) is 11.3 Å². The van der Waals surface area contributed by atoms with E-state index >= 15 is 0 Å². The lowest BCUT2D eigenvalue weighted by Crippen LogP contribution is -2.16. The number of rotatable bonds is 5. The number of anilines is 3. The molecular formula is C50H31N3OS. The Kier molecular flexibility index (Phi) is 7.32. The lowest BCUT2D eigenvalue weighted by atomic mass is 9.98. The minimum Gasteiger partial charge on any atom is -0.452 e. The Morgan fingerprint density at radius 3 is 1.80 bits per heavy atom. The van der Waals surface area contributed by atoms with Crippen LogP contribution >= 0.6 is 11.3 Å². The van der Waals surface area contributed by atoms with Crippen LogP contribution in [0.4, 0.5) is 17.1 Å². The number of hydrogen-bond donors (Lipinski definition) is 0. The molecule has 0 fully saturated rings. The van der Waals surface area contributed by atoms with E-state index in [2.05, 4.69) is 150 Å². The van der Waals surface area contributed by atoms with E-state index in [0.717, 1.165) is 73.2 Å². The normalized spacial score (nSPS) is 12.1. The van der Waals surface area contributed by atoms with Gasteiger partial charge in [-0.2, -0.15) is 0 Å². The van der Waals surface area contributed by atoms with Crippen molar-refractivity contribution in [1.82, 2.24) is 9.97 Å². The van der Waals surface area contributed by atoms with E-state index in [1.165, 1.54) is 25.6 Å². The molecular weight excluding hydrogens is 691 g/mol. The Bertz CT molecular complexity index is 3010. The first-order valence-electron chi connectivity index (χ1n) is 18.4. The Balaban J connectivity index is 1.03. The molecule has 10 aromatic rings. The smallest absolute Gasteiger partial charge is 0.160 e. The summed E-state index contributed by atoms with van der Waals surface area (Å²) < 4.78 is 9.30. The van der Waals surface area contributed by atoms with Crippen molar-refractivity contribution in [3.05, 3.63) is 188 Å². The van der Waals surface area contributed by atoms with Crippen LogP contribution in [0.5, 0.6) is 11.5 Å². The van der Waals surface area contributed by atoms with Crippen molar-refractivity contribution in [3.63, 3.8) is 0 Å². The average Bonchev–Trinajstić information content (AvgIpc) is 3.66. The maximum absolute atomic E-state index is 6.82. The number of aromatic nitrogens is 2. The van der Waals surface area contributed by atoms with Gasteiger partial charge < -0.3 is 9.64 Å². The number of nitrogens with zero attached hydrogens (tertiary/aromatic N) is 3. The van der Waals surface area contributed by atoms with Crippen molar-refractivity contribution in [2.45, 2.75) is 0 Å². The Labute approximate surface area is 322 Å². The Hall–Kier alpha value is -7.08. The molecule has 0 spiro atoms. The lowest BCUT2D eigenvalue weighted by molar-refractivity contribution is 0.483. The molecule has 4 nitrogen and oxygen atoms in total. The molecule has 0 radical (unpaired) electrons. The minimum absolute atomic E-state index is 0.694. The molecule has 0 saturated heterocycles. The molecule has 258 valence electrons. The predicted octanol–water partition coefficient (Wildman–Crippen LogP) is 14.2. The van der Waals surface area contributed by atoms with Crippen LogP contribution in [-0.4, -0.2) is 9.97 Å². The number of para-hydroxylation sites is 2. The summed E-state index contributed by atoms with van der Waals surface area (Å²) in [6.45, 7) is 0. The van der Waals surface area contributed by atoms with Crippen molar-refractivity contribution in [1.29, 1.82) is 0 Å². The van der Waals surface area contributed by atoms with Crippen LogP contribution in [-0.2, 0) is 0 Å². The molecule has 2 aromatic heterocycles. The van der Waals surface area contributed by atoms with Gasteiger partial charge in [-0.05, 0) is 59.0 Å². The molecule has 1 aliphatic rings. The first-order valence-corrected chi connectivity index (χ1v) is 19.2. The summed E-state index contributed by atoms with van der Waals surface area (Å²) >= 11 is 1.83. The van der Waals surface area contributed by atoms with Gasteiger partial charge in [-0.25, -0.2) is 9.97 Å². The number of hydrogen-bond acceptors (Lipinski definition) is 5. The van der Waals surface area contributed by atoms with Crippen molar-refractivity contribution in [2.75, 3.05) is 4.90 Å². The van der Waals surface area contributed by atoms with Crippen molar-refractivity contribution >= 4 is 59.3 Å². The second-order valence-electron chi connectivity index (χ2n) is 13.8. The summed E-state index contributed by atoms with van der Waals surface area (Å²) in [6.07, 6.45) is 0. The SMILES string of the molecule is c1ccc(-c2cc(-c3ccccc3)nc(-c3cccc(-c4ccc(N5c6ccccc6Oc6c5c5sc7ccccc7c5c5ccccc65)cc4)c3)n2)cc1. The summed E-state index contributed by atoms with van der Waals surface area (Å²) in [6, 6.07) is 65.8. The highest BCUT2D eigenvalue weighted by molar-refractivity contribution is 7.26. The van der Waals surface area contributed by atoms with E-state index in [4.69, 9.17) is 14.7 Å². The fourth-order valence-electron chi connectivity index (χ4n) is 7.87. The second kappa shape index (κ2) is 12.8. The van der Waals surface area contributed by atoms with Gasteiger partial charge in [0.15, 0.2) is 17.3 Å². The highest BCUT2D eigenvalue weighted by Crippen LogP contribution is 2.58. The van der Waals surface area contributed by atoms with Gasteiger partial charge in [0, 0.05) is 43.2 Å². The van der Waals surface area contributed by atoms with Crippen molar-refractivity contribution in [2.24, 2.45) is 0 Å².